The van der Waals surface area contributed by atoms with Crippen molar-refractivity contribution >= 4 is 0 Å². The average Bonchev–Trinajstić information content (AvgIpc) is 2.43. The predicted octanol–water partition coefficient (Wildman–Crippen LogP) is 2.13. The molecule has 0 amide bonds. The Kier molecular flexibility index (Phi) is 1.71. The third-order valence-corrected chi connectivity index (χ3v) is 3.60. The van der Waals surface area contributed by atoms with Crippen molar-refractivity contribution in [1.82, 2.24) is 4.90 Å². The van der Waals surface area contributed by atoms with E-state index in [1.165, 1.54) is 19.4 Å². The highest BCUT2D eigenvalue weighted by molar-refractivity contribution is 4.96. The molecule has 1 heteroatoms. The second-order valence-corrected chi connectivity index (χ2v) is 4.65. The maximum atomic E-state index is 2.69. The average molecular weight is 153 g/mol. The first-order valence-corrected chi connectivity index (χ1v) is 4.94. The van der Waals surface area contributed by atoms with Crippen LogP contribution in [0.4, 0.5) is 0 Å². The van der Waals surface area contributed by atoms with E-state index in [2.05, 4.69) is 25.7 Å². The molecular formula is C10H19N. The highest BCUT2D eigenvalue weighted by Gasteiger charge is 2.42. The molecule has 1 aliphatic carbocycles. The van der Waals surface area contributed by atoms with Gasteiger partial charge < -0.3 is 0 Å². The zero-order valence-electron chi connectivity index (χ0n) is 7.88. The molecule has 2 rings (SSSR count). The number of nitrogens with zero attached hydrogens (tertiary/aromatic N) is 1. The number of likely N-dealkylation sites (tertiary alicyclic amines) is 1. The lowest BCUT2D eigenvalue weighted by atomic mass is 9.96. The molecule has 1 saturated heterocycles. The van der Waals surface area contributed by atoms with Crippen molar-refractivity contribution in [2.24, 2.45) is 11.8 Å². The van der Waals surface area contributed by atoms with Crippen LogP contribution in [0, 0.1) is 11.8 Å². The first kappa shape index (κ1) is 7.60. The van der Waals surface area contributed by atoms with Gasteiger partial charge in [-0.15, -0.1) is 0 Å². The summed E-state index contributed by atoms with van der Waals surface area (Å²) < 4.78 is 0. The van der Waals surface area contributed by atoms with E-state index in [-0.39, 0.29) is 0 Å². The number of piperidine rings is 1. The molecule has 1 nitrogen and oxygen atoms in total. The lowest BCUT2D eigenvalue weighted by Crippen LogP contribution is -2.39. The zero-order valence-corrected chi connectivity index (χ0v) is 7.88. The fourth-order valence-electron chi connectivity index (χ4n) is 2.88. The molecule has 0 spiro atoms. The lowest BCUT2D eigenvalue weighted by Gasteiger charge is -2.32. The Labute approximate surface area is 69.8 Å². The van der Waals surface area contributed by atoms with Gasteiger partial charge in [-0.1, -0.05) is 6.92 Å². The van der Waals surface area contributed by atoms with Gasteiger partial charge in [0.2, 0.25) is 0 Å². The van der Waals surface area contributed by atoms with E-state index in [1.54, 1.807) is 0 Å². The van der Waals surface area contributed by atoms with Crippen LogP contribution >= 0.6 is 0 Å². The van der Waals surface area contributed by atoms with Gasteiger partial charge in [-0.2, -0.15) is 0 Å². The van der Waals surface area contributed by atoms with Crippen molar-refractivity contribution in [3.8, 4) is 0 Å². The van der Waals surface area contributed by atoms with E-state index in [4.69, 9.17) is 0 Å². The van der Waals surface area contributed by atoms with Crippen LogP contribution in [0.25, 0.3) is 0 Å². The molecule has 1 aliphatic heterocycles. The van der Waals surface area contributed by atoms with Crippen molar-refractivity contribution in [3.05, 3.63) is 0 Å². The SMILES string of the molecule is CC(C)N1CC2C[C@H]1C[C@H]2C. The summed E-state index contributed by atoms with van der Waals surface area (Å²) in [6.45, 7) is 8.45. The van der Waals surface area contributed by atoms with Crippen molar-refractivity contribution in [2.75, 3.05) is 6.54 Å². The summed E-state index contributed by atoms with van der Waals surface area (Å²) in [6, 6.07) is 1.72. The van der Waals surface area contributed by atoms with E-state index < -0.39 is 0 Å². The van der Waals surface area contributed by atoms with Gasteiger partial charge >= 0.3 is 0 Å². The minimum absolute atomic E-state index is 0.775. The van der Waals surface area contributed by atoms with Crippen molar-refractivity contribution < 1.29 is 0 Å². The summed E-state index contributed by atoms with van der Waals surface area (Å²) in [5, 5.41) is 0. The van der Waals surface area contributed by atoms with Gasteiger partial charge in [0.25, 0.3) is 0 Å². The van der Waals surface area contributed by atoms with Crippen molar-refractivity contribution in [1.29, 1.82) is 0 Å². The summed E-state index contributed by atoms with van der Waals surface area (Å²) in [5.74, 6) is 2.04. The Hall–Kier alpha value is -0.0400. The quantitative estimate of drug-likeness (QED) is 0.558. The second-order valence-electron chi connectivity index (χ2n) is 4.65. The predicted molar refractivity (Wildman–Crippen MR) is 47.5 cm³/mol. The van der Waals surface area contributed by atoms with Crippen molar-refractivity contribution in [2.45, 2.75) is 45.7 Å². The summed E-state index contributed by atoms with van der Waals surface area (Å²) in [4.78, 5) is 2.69. The minimum atomic E-state index is 0.775. The van der Waals surface area contributed by atoms with Crippen LogP contribution in [0.15, 0.2) is 0 Å². The monoisotopic (exact) mass is 153 g/mol. The van der Waals surface area contributed by atoms with Gasteiger partial charge in [-0.05, 0) is 38.5 Å². The number of rotatable bonds is 1. The van der Waals surface area contributed by atoms with E-state index in [0.29, 0.717) is 0 Å². The number of hydrogen-bond acceptors (Lipinski definition) is 1. The highest BCUT2D eigenvalue weighted by atomic mass is 15.2. The second kappa shape index (κ2) is 2.48. The molecule has 64 valence electrons. The largest absolute Gasteiger partial charge is 0.298 e. The molecule has 11 heavy (non-hydrogen) atoms. The van der Waals surface area contributed by atoms with Crippen LogP contribution in [0.5, 0.6) is 0 Å². The first-order valence-electron chi connectivity index (χ1n) is 4.94. The van der Waals surface area contributed by atoms with E-state index >= 15 is 0 Å². The van der Waals surface area contributed by atoms with E-state index in [0.717, 1.165) is 23.9 Å². The van der Waals surface area contributed by atoms with Gasteiger partial charge in [-0.25, -0.2) is 0 Å². The summed E-state index contributed by atoms with van der Waals surface area (Å²) >= 11 is 0. The molecule has 0 aromatic rings. The molecule has 2 bridgehead atoms. The molecule has 2 fully saturated rings. The molecule has 1 heterocycles. The molecule has 1 saturated carbocycles. The first-order chi connectivity index (χ1) is 5.18. The maximum Gasteiger partial charge on any atom is 0.0104 e. The highest BCUT2D eigenvalue weighted by Crippen LogP contribution is 2.42. The maximum absolute atomic E-state index is 2.69. The molecule has 0 N–H and O–H groups in total. The Bertz CT molecular complexity index is 151. The van der Waals surface area contributed by atoms with E-state index in [1.807, 2.05) is 0 Å². The lowest BCUT2D eigenvalue weighted by molar-refractivity contribution is 0.145. The summed E-state index contributed by atoms with van der Waals surface area (Å²) in [6.07, 6.45) is 2.95. The molecule has 3 atom stereocenters. The number of fused-ring (bicyclic) bond motifs is 2. The number of hydrogen-bond donors (Lipinski definition) is 0. The fraction of sp³-hybridized carbons (Fsp3) is 1.00. The Morgan fingerprint density at radius 3 is 2.36 bits per heavy atom. The van der Waals surface area contributed by atoms with Gasteiger partial charge in [0.05, 0.1) is 0 Å². The standard InChI is InChI=1S/C10H19N/c1-7(2)11-6-9-5-10(11)4-8(9)3/h7-10H,4-6H2,1-3H3/t8-,9?,10-/m1/s1. The normalized spacial score (nSPS) is 44.2. The van der Waals surface area contributed by atoms with Gasteiger partial charge in [-0.3, -0.25) is 4.90 Å². The van der Waals surface area contributed by atoms with Crippen LogP contribution < -0.4 is 0 Å². The van der Waals surface area contributed by atoms with Gasteiger partial charge in [0.15, 0.2) is 0 Å². The minimum Gasteiger partial charge on any atom is -0.298 e. The smallest absolute Gasteiger partial charge is 0.0104 e. The Morgan fingerprint density at radius 2 is 2.00 bits per heavy atom. The summed E-state index contributed by atoms with van der Waals surface area (Å²) in [7, 11) is 0. The van der Waals surface area contributed by atoms with Crippen LogP contribution in [-0.2, 0) is 0 Å². The molecule has 0 aromatic heterocycles. The van der Waals surface area contributed by atoms with Crippen LogP contribution in [0.2, 0.25) is 0 Å². The molecule has 0 aromatic carbocycles. The van der Waals surface area contributed by atoms with Gasteiger partial charge in [0, 0.05) is 18.6 Å². The molecule has 2 aliphatic rings. The Balaban J connectivity index is 2.02. The molecule has 1 unspecified atom stereocenters. The van der Waals surface area contributed by atoms with Crippen LogP contribution in [-0.4, -0.2) is 23.5 Å². The van der Waals surface area contributed by atoms with Crippen molar-refractivity contribution in [3.63, 3.8) is 0 Å². The summed E-state index contributed by atoms with van der Waals surface area (Å²) in [5.41, 5.74) is 0. The third-order valence-electron chi connectivity index (χ3n) is 3.60. The topological polar surface area (TPSA) is 3.24 Å². The fourth-order valence-corrected chi connectivity index (χ4v) is 2.88. The molecule has 0 radical (unpaired) electrons. The molecular weight excluding hydrogens is 134 g/mol. The van der Waals surface area contributed by atoms with Gasteiger partial charge in [0.1, 0.15) is 0 Å². The van der Waals surface area contributed by atoms with Crippen LogP contribution in [0.3, 0.4) is 0 Å². The third kappa shape index (κ3) is 1.10. The van der Waals surface area contributed by atoms with E-state index in [9.17, 15) is 0 Å². The Morgan fingerprint density at radius 1 is 1.27 bits per heavy atom. The van der Waals surface area contributed by atoms with Crippen LogP contribution in [0.1, 0.15) is 33.6 Å². The zero-order chi connectivity index (χ0) is 8.01.